The van der Waals surface area contributed by atoms with Crippen LogP contribution >= 0.6 is 11.3 Å². The van der Waals surface area contributed by atoms with Gasteiger partial charge in [-0.3, -0.25) is 14.7 Å². The molecule has 2 aromatic rings. The Morgan fingerprint density at radius 3 is 2.21 bits per heavy atom. The number of pyridine rings is 1. The van der Waals surface area contributed by atoms with E-state index in [0.29, 0.717) is 6.61 Å². The van der Waals surface area contributed by atoms with E-state index in [9.17, 15) is 31.1 Å². The van der Waals surface area contributed by atoms with Gasteiger partial charge in [-0.2, -0.15) is 26.3 Å². The number of aliphatic carboxylic acids is 2. The minimum atomic E-state index is -5.08. The van der Waals surface area contributed by atoms with Crippen LogP contribution in [0, 0.1) is 11.8 Å². The summed E-state index contributed by atoms with van der Waals surface area (Å²) in [5.41, 5.74) is 0.766. The Morgan fingerprint density at radius 2 is 1.69 bits per heavy atom. The Morgan fingerprint density at radius 1 is 1.05 bits per heavy atom. The number of rotatable bonds is 4. The summed E-state index contributed by atoms with van der Waals surface area (Å²) in [7, 11) is 0. The van der Waals surface area contributed by atoms with Gasteiger partial charge in [-0.25, -0.2) is 9.59 Å². The summed E-state index contributed by atoms with van der Waals surface area (Å²) in [5, 5.41) is 19.4. The summed E-state index contributed by atoms with van der Waals surface area (Å²) < 4.78 is 69.5. The molecule has 9 nitrogen and oxygen atoms in total. The van der Waals surface area contributed by atoms with E-state index in [-0.39, 0.29) is 23.8 Å². The zero-order valence-corrected chi connectivity index (χ0v) is 20.9. The van der Waals surface area contributed by atoms with Crippen molar-refractivity contribution in [1.29, 1.82) is 0 Å². The average molecular weight is 586 g/mol. The topological polar surface area (TPSA) is 129 Å². The fraction of sp³-hybridized carbons (Fsp3) is 0.478. The quantitative estimate of drug-likeness (QED) is 0.454. The first-order valence-electron chi connectivity index (χ1n) is 11.4. The number of piperidine rings is 1. The van der Waals surface area contributed by atoms with Crippen molar-refractivity contribution in [2.45, 2.75) is 37.8 Å². The zero-order chi connectivity index (χ0) is 29.2. The number of nitrogens with zero attached hydrogens (tertiary/aromatic N) is 2. The molecule has 4 rings (SSSR count). The fourth-order valence-electron chi connectivity index (χ4n) is 3.95. The number of carboxylic acid groups (broad SMARTS) is 2. The predicted octanol–water partition coefficient (Wildman–Crippen LogP) is 4.28. The first kappa shape index (κ1) is 32.0. The number of thiophene rings is 1. The van der Waals surface area contributed by atoms with Crippen molar-refractivity contribution in [3.8, 4) is 0 Å². The molecular weight excluding hydrogens is 560 g/mol. The monoisotopic (exact) mass is 585 g/mol. The van der Waals surface area contributed by atoms with Crippen LogP contribution in [-0.4, -0.2) is 76.1 Å². The number of ether oxygens (including phenoxy) is 1. The highest BCUT2D eigenvalue weighted by molar-refractivity contribution is 7.09. The molecule has 4 heterocycles. The molecule has 2 aliphatic rings. The van der Waals surface area contributed by atoms with Crippen molar-refractivity contribution in [1.82, 2.24) is 9.88 Å². The summed E-state index contributed by atoms with van der Waals surface area (Å²) in [4.78, 5) is 38.5. The molecule has 16 heteroatoms. The van der Waals surface area contributed by atoms with Gasteiger partial charge in [0.05, 0.1) is 18.0 Å². The molecule has 0 radical (unpaired) electrons. The molecule has 0 spiro atoms. The van der Waals surface area contributed by atoms with Gasteiger partial charge in [0, 0.05) is 49.2 Å². The highest BCUT2D eigenvalue weighted by Crippen LogP contribution is 2.34. The number of fused-ring (bicyclic) bond motifs is 1. The van der Waals surface area contributed by atoms with Gasteiger partial charge in [-0.1, -0.05) is 6.07 Å². The molecule has 0 bridgehead atoms. The van der Waals surface area contributed by atoms with Gasteiger partial charge in [-0.15, -0.1) is 11.3 Å². The second kappa shape index (κ2) is 14.2. The number of halogens is 6. The maximum absolute atomic E-state index is 12.8. The number of likely N-dealkylation sites (tertiary alicyclic amines) is 1. The molecule has 2 fully saturated rings. The Balaban J connectivity index is 0.000000317. The van der Waals surface area contributed by atoms with Crippen molar-refractivity contribution >= 4 is 34.9 Å². The summed E-state index contributed by atoms with van der Waals surface area (Å²) in [6.45, 7) is 3.61. The lowest BCUT2D eigenvalue weighted by molar-refractivity contribution is -0.193. The van der Waals surface area contributed by atoms with Crippen molar-refractivity contribution in [2.24, 2.45) is 11.8 Å². The Hall–Kier alpha value is -3.24. The molecule has 0 aromatic carbocycles. The van der Waals surface area contributed by atoms with Gasteiger partial charge in [-0.05, 0) is 36.4 Å². The number of nitrogens with one attached hydrogen (secondary N) is 1. The number of amides is 1. The van der Waals surface area contributed by atoms with E-state index < -0.39 is 24.3 Å². The predicted molar refractivity (Wildman–Crippen MR) is 126 cm³/mol. The van der Waals surface area contributed by atoms with Gasteiger partial charge in [0.25, 0.3) is 0 Å². The number of carbonyl (C=O) groups is 3. The SMILES string of the molecule is O=C(Nc1cccnc1)[C@@H]1CCO[C@@H]2CCN(Cc3cccs3)C[C@H]21.O=C(O)C(F)(F)F.O=C(O)C(F)(F)F. The van der Waals surface area contributed by atoms with Crippen LogP contribution in [0.4, 0.5) is 32.0 Å². The number of aromatic nitrogens is 1. The van der Waals surface area contributed by atoms with Crippen LogP contribution in [-0.2, 0) is 25.7 Å². The van der Waals surface area contributed by atoms with Crippen LogP contribution < -0.4 is 5.32 Å². The van der Waals surface area contributed by atoms with Crippen molar-refractivity contribution in [2.75, 3.05) is 25.0 Å². The molecule has 216 valence electrons. The number of hydrogen-bond donors (Lipinski definition) is 3. The molecule has 2 saturated heterocycles. The summed E-state index contributed by atoms with van der Waals surface area (Å²) >= 11 is 1.80. The molecule has 0 saturated carbocycles. The number of alkyl halides is 6. The summed E-state index contributed by atoms with van der Waals surface area (Å²) in [6, 6.07) is 8.00. The molecule has 0 aliphatic carbocycles. The largest absolute Gasteiger partial charge is 0.490 e. The minimum absolute atomic E-state index is 0.00471. The second-order valence-corrected chi connectivity index (χ2v) is 9.44. The van der Waals surface area contributed by atoms with Crippen molar-refractivity contribution in [3.63, 3.8) is 0 Å². The van der Waals surface area contributed by atoms with E-state index in [1.54, 1.807) is 23.7 Å². The lowest BCUT2D eigenvalue weighted by atomic mass is 9.79. The third kappa shape index (κ3) is 10.8. The lowest BCUT2D eigenvalue weighted by Crippen LogP contribution is -2.52. The molecular formula is C23H25F6N3O6S. The molecule has 39 heavy (non-hydrogen) atoms. The van der Waals surface area contributed by atoms with Crippen LogP contribution in [0.1, 0.15) is 17.7 Å². The van der Waals surface area contributed by atoms with Crippen molar-refractivity contribution < 1.29 is 55.7 Å². The van der Waals surface area contributed by atoms with Gasteiger partial charge in [0.2, 0.25) is 5.91 Å². The first-order valence-corrected chi connectivity index (χ1v) is 12.2. The van der Waals surface area contributed by atoms with Crippen LogP contribution in [0.3, 0.4) is 0 Å². The van der Waals surface area contributed by atoms with Gasteiger partial charge < -0.3 is 20.3 Å². The van der Waals surface area contributed by atoms with Crippen LogP contribution in [0.15, 0.2) is 42.0 Å². The Labute approximate surface area is 222 Å². The van der Waals surface area contributed by atoms with Gasteiger partial charge >= 0.3 is 24.3 Å². The van der Waals surface area contributed by atoms with Crippen molar-refractivity contribution in [3.05, 3.63) is 46.9 Å². The third-order valence-corrected chi connectivity index (χ3v) is 6.53. The minimum Gasteiger partial charge on any atom is -0.475 e. The van der Waals surface area contributed by atoms with Gasteiger partial charge in [0.1, 0.15) is 0 Å². The van der Waals surface area contributed by atoms with Gasteiger partial charge in [0.15, 0.2) is 0 Å². The average Bonchev–Trinajstić information content (AvgIpc) is 3.37. The van der Waals surface area contributed by atoms with Crippen LogP contribution in [0.25, 0.3) is 0 Å². The van der Waals surface area contributed by atoms with E-state index >= 15 is 0 Å². The standard InChI is InChI=1S/C19H23N3O2S.2C2HF3O2/c23-19(21-14-3-1-7-20-11-14)16-6-9-24-18-5-8-22(13-17(16)18)12-15-4-2-10-25-15;2*3-2(4,5)1(6)7/h1-4,7,10-11,16-18H,5-6,8-9,12-13H2,(H,21,23);2*(H,6,7)/t16-,17+,18-;;/m1../s1. The van der Waals surface area contributed by atoms with E-state index in [1.807, 2.05) is 12.1 Å². The normalized spacial score (nSPS) is 21.2. The Kier molecular flexibility index (Phi) is 11.7. The molecule has 3 N–H and O–H groups in total. The highest BCUT2D eigenvalue weighted by Gasteiger charge is 2.42. The van der Waals surface area contributed by atoms with Crippen LogP contribution in [0.2, 0.25) is 0 Å². The third-order valence-electron chi connectivity index (χ3n) is 5.66. The smallest absolute Gasteiger partial charge is 0.475 e. The Bertz CT molecular complexity index is 1040. The van der Waals surface area contributed by atoms with E-state index in [2.05, 4.69) is 32.7 Å². The molecule has 1 amide bonds. The number of carboxylic acids is 2. The number of hydrogen-bond acceptors (Lipinski definition) is 7. The molecule has 0 unspecified atom stereocenters. The molecule has 2 aliphatic heterocycles. The number of anilines is 1. The molecule has 3 atom stereocenters. The molecule has 2 aromatic heterocycles. The lowest BCUT2D eigenvalue weighted by Gasteiger charge is -2.44. The van der Waals surface area contributed by atoms with E-state index in [1.165, 1.54) is 4.88 Å². The van der Waals surface area contributed by atoms with Crippen LogP contribution in [0.5, 0.6) is 0 Å². The fourth-order valence-corrected chi connectivity index (χ4v) is 4.69. The zero-order valence-electron chi connectivity index (χ0n) is 20.1. The second-order valence-electron chi connectivity index (χ2n) is 8.41. The maximum atomic E-state index is 12.8. The maximum Gasteiger partial charge on any atom is 0.490 e. The highest BCUT2D eigenvalue weighted by atomic mass is 32.1. The summed E-state index contributed by atoms with van der Waals surface area (Å²) in [5.74, 6) is -5.14. The number of carbonyl (C=O) groups excluding carboxylic acids is 1. The summed E-state index contributed by atoms with van der Waals surface area (Å²) in [6.07, 6.45) is -4.76. The first-order chi connectivity index (χ1) is 18.2. The van der Waals surface area contributed by atoms with E-state index in [4.69, 9.17) is 24.5 Å². The van der Waals surface area contributed by atoms with E-state index in [0.717, 1.165) is 38.2 Å².